The van der Waals surface area contributed by atoms with E-state index in [-0.39, 0.29) is 22.9 Å². The molecule has 0 aliphatic rings. The average molecular weight is 376 g/mol. The van der Waals surface area contributed by atoms with E-state index in [0.29, 0.717) is 0 Å². The van der Waals surface area contributed by atoms with Crippen molar-refractivity contribution in [2.24, 2.45) is 0 Å². The van der Waals surface area contributed by atoms with Crippen LogP contribution in [-0.2, 0) is 4.57 Å². The largest absolute Gasteiger partial charge is 0.508 e. The van der Waals surface area contributed by atoms with Gasteiger partial charge in [-0.3, -0.25) is 20.2 Å². The molecule has 0 heterocycles. The first-order chi connectivity index (χ1) is 11.4. The first-order valence-corrected chi connectivity index (χ1v) is 7.62. The minimum absolute atomic E-state index is 0.0159. The normalized spacial score (nSPS) is 9.72. The van der Waals surface area contributed by atoms with Gasteiger partial charge in [0, 0.05) is 24.3 Å². The van der Waals surface area contributed by atoms with Crippen molar-refractivity contribution >= 4 is 19.2 Å². The first kappa shape index (κ1) is 21.9. The van der Waals surface area contributed by atoms with Gasteiger partial charge < -0.3 is 24.9 Å². The maximum atomic E-state index is 10.0. The molecule has 0 aliphatic heterocycles. The Balaban J connectivity index is 0.000000368. The van der Waals surface area contributed by atoms with Crippen molar-refractivity contribution < 1.29 is 39.3 Å². The van der Waals surface area contributed by atoms with Crippen molar-refractivity contribution in [3.05, 3.63) is 68.8 Å². The van der Waals surface area contributed by atoms with Gasteiger partial charge in [0.05, 0.1) is 9.85 Å². The highest BCUT2D eigenvalue weighted by atomic mass is 31.2. The van der Waals surface area contributed by atoms with Crippen LogP contribution in [0.5, 0.6) is 11.5 Å². The molecular weight excluding hydrogens is 363 g/mol. The van der Waals surface area contributed by atoms with Gasteiger partial charge in [-0.15, -0.1) is 0 Å². The third-order valence-electron chi connectivity index (χ3n) is 2.12. The molecule has 0 unspecified atom stereocenters. The second kappa shape index (κ2) is 9.95. The topological polar surface area (TPSA) is 204 Å². The number of non-ortho nitro benzene ring substituents is 2. The number of phenols is 2. The van der Waals surface area contributed by atoms with E-state index >= 15 is 0 Å². The maximum Gasteiger partial charge on any atom is 0.466 e. The molecule has 12 nitrogen and oxygen atoms in total. The Bertz CT molecular complexity index is 678. The molecule has 2 aromatic rings. The second-order valence-electron chi connectivity index (χ2n) is 4.06. The lowest BCUT2D eigenvalue weighted by molar-refractivity contribution is -0.385. The van der Waals surface area contributed by atoms with E-state index < -0.39 is 17.7 Å². The van der Waals surface area contributed by atoms with Crippen LogP contribution in [0.3, 0.4) is 0 Å². The molecule has 25 heavy (non-hydrogen) atoms. The predicted octanol–water partition coefficient (Wildman–Crippen LogP) is 1.67. The maximum absolute atomic E-state index is 10.0. The lowest BCUT2D eigenvalue weighted by Gasteiger charge is -1.89. The van der Waals surface area contributed by atoms with Gasteiger partial charge in [0.15, 0.2) is 0 Å². The quantitative estimate of drug-likeness (QED) is 0.291. The third-order valence-corrected chi connectivity index (χ3v) is 2.12. The van der Waals surface area contributed by atoms with Crippen molar-refractivity contribution in [1.82, 2.24) is 0 Å². The van der Waals surface area contributed by atoms with Gasteiger partial charge in [0.1, 0.15) is 11.5 Å². The number of benzene rings is 2. The van der Waals surface area contributed by atoms with Crippen molar-refractivity contribution in [3.8, 4) is 11.5 Å². The summed E-state index contributed by atoms with van der Waals surface area (Å²) in [5, 5.41) is 37.5. The van der Waals surface area contributed by atoms with Gasteiger partial charge in [-0.2, -0.15) is 0 Å². The van der Waals surface area contributed by atoms with Crippen molar-refractivity contribution in [2.75, 3.05) is 0 Å². The van der Waals surface area contributed by atoms with Crippen LogP contribution in [0.1, 0.15) is 0 Å². The van der Waals surface area contributed by atoms with E-state index in [0.717, 1.165) is 0 Å². The molecule has 0 aromatic heterocycles. The van der Waals surface area contributed by atoms with Crippen LogP contribution < -0.4 is 0 Å². The number of nitro groups is 2. The highest BCUT2D eigenvalue weighted by Crippen LogP contribution is 2.25. The molecular formula is C12H13N2O10P. The van der Waals surface area contributed by atoms with E-state index in [2.05, 4.69) is 0 Å². The van der Waals surface area contributed by atoms with E-state index in [1.165, 1.54) is 48.5 Å². The summed E-state index contributed by atoms with van der Waals surface area (Å²) in [7, 11) is -4.64. The fourth-order valence-corrected chi connectivity index (χ4v) is 1.15. The zero-order chi connectivity index (χ0) is 19.6. The SMILES string of the molecule is O=P(O)(O)O.O=[N+]([O-])c1ccc(O)cc1.O=[N+]([O-])c1ccc(O)cc1. The number of hydrogen-bond acceptors (Lipinski definition) is 7. The van der Waals surface area contributed by atoms with Crippen LogP contribution in [0.2, 0.25) is 0 Å². The number of nitro benzene ring substituents is 2. The highest BCUT2D eigenvalue weighted by molar-refractivity contribution is 7.45. The van der Waals surface area contributed by atoms with Crippen LogP contribution in [0.15, 0.2) is 48.5 Å². The first-order valence-electron chi connectivity index (χ1n) is 6.05. The Labute approximate surface area is 139 Å². The summed E-state index contributed by atoms with van der Waals surface area (Å²) in [5.41, 5.74) is -0.0319. The molecule has 5 N–H and O–H groups in total. The fourth-order valence-electron chi connectivity index (χ4n) is 1.15. The minimum Gasteiger partial charge on any atom is -0.508 e. The van der Waals surface area contributed by atoms with Crippen molar-refractivity contribution in [2.45, 2.75) is 0 Å². The van der Waals surface area contributed by atoms with Gasteiger partial charge >= 0.3 is 7.82 Å². The van der Waals surface area contributed by atoms with Crippen molar-refractivity contribution in [3.63, 3.8) is 0 Å². The molecule has 0 radical (unpaired) electrons. The molecule has 0 fully saturated rings. The second-order valence-corrected chi connectivity index (χ2v) is 5.09. The number of aromatic hydroxyl groups is 2. The molecule has 0 aliphatic carbocycles. The van der Waals surface area contributed by atoms with Crippen LogP contribution in [0.4, 0.5) is 11.4 Å². The van der Waals surface area contributed by atoms with E-state index in [1.807, 2.05) is 0 Å². The average Bonchev–Trinajstić information content (AvgIpc) is 2.47. The van der Waals surface area contributed by atoms with Gasteiger partial charge in [-0.25, -0.2) is 4.57 Å². The molecule has 0 saturated heterocycles. The molecule has 0 amide bonds. The van der Waals surface area contributed by atoms with Gasteiger partial charge in [-0.05, 0) is 24.3 Å². The summed E-state index contributed by atoms with van der Waals surface area (Å²) >= 11 is 0. The number of phosphoric acid groups is 1. The number of hydrogen-bond donors (Lipinski definition) is 5. The van der Waals surface area contributed by atoms with E-state index in [4.69, 9.17) is 29.5 Å². The molecule has 13 heteroatoms. The molecule has 136 valence electrons. The van der Waals surface area contributed by atoms with Crippen LogP contribution >= 0.6 is 7.82 Å². The van der Waals surface area contributed by atoms with Gasteiger partial charge in [0.25, 0.3) is 11.4 Å². The van der Waals surface area contributed by atoms with E-state index in [1.54, 1.807) is 0 Å². The summed E-state index contributed by atoms with van der Waals surface area (Å²) in [6, 6.07) is 10.1. The monoisotopic (exact) mass is 376 g/mol. The fraction of sp³-hybridized carbons (Fsp3) is 0. The smallest absolute Gasteiger partial charge is 0.466 e. The highest BCUT2D eigenvalue weighted by Gasteiger charge is 2.02. The Morgan fingerprint density at radius 2 is 0.880 bits per heavy atom. The summed E-state index contributed by atoms with van der Waals surface area (Å²) in [4.78, 5) is 40.6. The molecule has 0 saturated carbocycles. The van der Waals surface area contributed by atoms with Gasteiger partial charge in [0.2, 0.25) is 0 Å². The Morgan fingerprint density at radius 1 is 0.680 bits per heavy atom. The zero-order valence-corrected chi connectivity index (χ0v) is 13.1. The number of nitrogens with zero attached hydrogens (tertiary/aromatic N) is 2. The zero-order valence-electron chi connectivity index (χ0n) is 12.2. The third kappa shape index (κ3) is 12.1. The summed E-state index contributed by atoms with van der Waals surface area (Å²) in [6.45, 7) is 0. The number of rotatable bonds is 2. The Hall–Kier alpha value is -3.05. The summed E-state index contributed by atoms with van der Waals surface area (Å²) in [6.07, 6.45) is 0. The predicted molar refractivity (Wildman–Crippen MR) is 83.8 cm³/mol. The lowest BCUT2D eigenvalue weighted by Crippen LogP contribution is -1.85. The number of phenolic OH excluding ortho intramolecular Hbond substituents is 2. The summed E-state index contributed by atoms with van der Waals surface area (Å²) in [5.74, 6) is 0.0659. The van der Waals surface area contributed by atoms with Crippen molar-refractivity contribution in [1.29, 1.82) is 0 Å². The molecule has 0 spiro atoms. The molecule has 0 atom stereocenters. The van der Waals surface area contributed by atoms with Crippen LogP contribution in [0, 0.1) is 20.2 Å². The van der Waals surface area contributed by atoms with Gasteiger partial charge in [-0.1, -0.05) is 0 Å². The molecule has 2 rings (SSSR count). The summed E-state index contributed by atoms with van der Waals surface area (Å²) < 4.78 is 8.88. The van der Waals surface area contributed by atoms with E-state index in [9.17, 15) is 20.2 Å². The standard InChI is InChI=1S/2C6H5NO3.H3O4P/c2*8-6-3-1-5(2-4-6)7(9)10;1-5(2,3)4/h2*1-4,8H;(H3,1,2,3,4). The molecule has 0 bridgehead atoms. The lowest BCUT2D eigenvalue weighted by atomic mass is 10.3. The minimum atomic E-state index is -4.64. The Morgan fingerprint density at radius 3 is 1.04 bits per heavy atom. The Kier molecular flexibility index (Phi) is 8.74. The van der Waals surface area contributed by atoms with Crippen LogP contribution in [0.25, 0.3) is 0 Å². The molecule has 2 aromatic carbocycles. The van der Waals surface area contributed by atoms with Crippen LogP contribution in [-0.4, -0.2) is 34.7 Å².